The van der Waals surface area contributed by atoms with Gasteiger partial charge >= 0.3 is 12.1 Å². The van der Waals surface area contributed by atoms with Crippen molar-refractivity contribution in [3.05, 3.63) is 29.3 Å². The van der Waals surface area contributed by atoms with Crippen molar-refractivity contribution < 1.29 is 38.6 Å². The lowest BCUT2D eigenvalue weighted by atomic mass is 9.98. The number of benzene rings is 1. The molecule has 0 aliphatic heterocycles. The highest BCUT2D eigenvalue weighted by Crippen LogP contribution is 2.42. The number of esters is 1. The summed E-state index contributed by atoms with van der Waals surface area (Å²) in [5, 5.41) is 16.0. The van der Waals surface area contributed by atoms with Gasteiger partial charge in [-0.3, -0.25) is 19.2 Å². The molecule has 1 fully saturated rings. The van der Waals surface area contributed by atoms with Gasteiger partial charge in [-0.1, -0.05) is 25.1 Å². The van der Waals surface area contributed by atoms with Crippen LogP contribution in [0.4, 0.5) is 4.79 Å². The molecule has 5 N–H and O–H groups in total. The lowest BCUT2D eigenvalue weighted by Crippen LogP contribution is -2.55. The number of carbonyl (C=O) groups excluding carboxylic acids is 5. The molecule has 216 valence electrons. The molecule has 0 bridgehead atoms. The van der Waals surface area contributed by atoms with Gasteiger partial charge in [-0.05, 0) is 52.5 Å². The minimum absolute atomic E-state index is 0.00601. The van der Waals surface area contributed by atoms with Crippen molar-refractivity contribution in [1.29, 1.82) is 0 Å². The molecule has 4 unspecified atom stereocenters. The molecule has 0 radical (unpaired) electrons. The summed E-state index contributed by atoms with van der Waals surface area (Å²) in [4.78, 5) is 65.1. The maximum absolute atomic E-state index is 14.0. The molecule has 1 aliphatic carbocycles. The fourth-order valence-corrected chi connectivity index (χ4v) is 4.14. The highest BCUT2D eigenvalue weighted by Gasteiger charge is 2.49. The van der Waals surface area contributed by atoms with E-state index in [4.69, 9.17) is 15.2 Å². The number of nitrogens with two attached hydrogens (primary N) is 1. The van der Waals surface area contributed by atoms with Gasteiger partial charge in [-0.2, -0.15) is 0 Å². The number of nitrogens with one attached hydrogen (secondary N) is 2. The molecule has 2 rings (SSSR count). The van der Waals surface area contributed by atoms with Crippen LogP contribution in [0.5, 0.6) is 5.75 Å². The van der Waals surface area contributed by atoms with Gasteiger partial charge in [0.25, 0.3) is 0 Å². The third-order valence-corrected chi connectivity index (χ3v) is 6.10. The Hall–Kier alpha value is -3.83. The molecule has 1 aromatic rings. The molecule has 4 atom stereocenters. The quantitative estimate of drug-likeness (QED) is 0.286. The number of rotatable bonds is 12. The molecule has 12 nitrogen and oxygen atoms in total. The van der Waals surface area contributed by atoms with Gasteiger partial charge < -0.3 is 35.8 Å². The molecule has 39 heavy (non-hydrogen) atoms. The van der Waals surface area contributed by atoms with Gasteiger partial charge in [0.15, 0.2) is 0 Å². The molecular weight excluding hydrogens is 508 g/mol. The number of primary amides is 1. The maximum atomic E-state index is 14.0. The number of aryl methyl sites for hydroxylation is 1. The van der Waals surface area contributed by atoms with Gasteiger partial charge in [0.1, 0.15) is 23.4 Å². The van der Waals surface area contributed by atoms with Crippen molar-refractivity contribution in [1.82, 2.24) is 15.5 Å². The predicted octanol–water partition coefficient (Wildman–Crippen LogP) is 1.82. The number of nitrogens with zero attached hydrogens (tertiary/aromatic N) is 1. The second kappa shape index (κ2) is 13.3. The molecule has 1 aromatic carbocycles. The number of phenols is 1. The van der Waals surface area contributed by atoms with Crippen LogP contribution in [0.2, 0.25) is 0 Å². The number of ether oxygens (including phenoxy) is 2. The Morgan fingerprint density at radius 1 is 1.21 bits per heavy atom. The zero-order valence-corrected chi connectivity index (χ0v) is 23.4. The summed E-state index contributed by atoms with van der Waals surface area (Å²) in [6, 6.07) is 1.64. The largest absolute Gasteiger partial charge is 0.507 e. The highest BCUT2D eigenvalue weighted by atomic mass is 16.6. The zero-order chi connectivity index (χ0) is 29.5. The van der Waals surface area contributed by atoms with E-state index in [0.29, 0.717) is 12.0 Å². The van der Waals surface area contributed by atoms with Gasteiger partial charge in [0.05, 0.1) is 19.4 Å². The molecular formula is C27H40N4O8. The molecule has 1 saturated carbocycles. The number of hydrogen-bond acceptors (Lipinski definition) is 8. The first-order chi connectivity index (χ1) is 18.2. The summed E-state index contributed by atoms with van der Waals surface area (Å²) < 4.78 is 10.2. The van der Waals surface area contributed by atoms with E-state index >= 15 is 0 Å². The lowest BCUT2D eigenvalue weighted by Gasteiger charge is -2.35. The van der Waals surface area contributed by atoms with Crippen molar-refractivity contribution in [2.24, 2.45) is 11.7 Å². The minimum Gasteiger partial charge on any atom is -0.507 e. The topological polar surface area (TPSA) is 177 Å². The summed E-state index contributed by atoms with van der Waals surface area (Å²) in [5.41, 5.74) is 5.17. The summed E-state index contributed by atoms with van der Waals surface area (Å²) in [7, 11) is 0. The van der Waals surface area contributed by atoms with Crippen molar-refractivity contribution in [3.63, 3.8) is 0 Å². The standard InChI is InChI=1S/C27H40N4O8/c1-7-38-21(33)11-12-29-24(35)22(17-10-8-9-15(2)23(17)34)31(19-13-16(19)3)25(36)18(14-20(28)32)30-26(37)39-27(4,5)6/h8-10,16,18-19,22,34H,7,11-14H2,1-6H3,(H2,28,32)(H,29,35)(H,30,37). The van der Waals surface area contributed by atoms with E-state index in [-0.39, 0.29) is 36.8 Å². The van der Waals surface area contributed by atoms with Crippen LogP contribution in [0.1, 0.15) is 71.0 Å². The number of hydrogen-bond donors (Lipinski definition) is 4. The Morgan fingerprint density at radius 2 is 1.85 bits per heavy atom. The molecule has 0 aromatic heterocycles. The van der Waals surface area contributed by atoms with Crippen molar-refractivity contribution >= 4 is 29.8 Å². The molecule has 4 amide bonds. The third kappa shape index (κ3) is 9.15. The number of para-hydroxylation sites is 1. The Kier molecular flexibility index (Phi) is 10.7. The highest BCUT2D eigenvalue weighted by molar-refractivity contribution is 5.95. The van der Waals surface area contributed by atoms with Crippen LogP contribution in [0.3, 0.4) is 0 Å². The Balaban J connectivity index is 2.49. The zero-order valence-electron chi connectivity index (χ0n) is 23.4. The predicted molar refractivity (Wildman–Crippen MR) is 141 cm³/mol. The molecule has 0 saturated heterocycles. The number of carbonyl (C=O) groups is 5. The summed E-state index contributed by atoms with van der Waals surface area (Å²) in [6.07, 6.45) is -1.00. The Bertz CT molecular complexity index is 1080. The van der Waals surface area contributed by atoms with E-state index in [1.54, 1.807) is 46.8 Å². The second-order valence-corrected chi connectivity index (χ2v) is 10.7. The van der Waals surface area contributed by atoms with E-state index < -0.39 is 59.9 Å². The van der Waals surface area contributed by atoms with Crippen molar-refractivity contribution in [2.75, 3.05) is 13.2 Å². The lowest BCUT2D eigenvalue weighted by molar-refractivity contribution is -0.145. The minimum atomic E-state index is -1.42. The van der Waals surface area contributed by atoms with Crippen LogP contribution >= 0.6 is 0 Å². The normalized spacial score (nSPS) is 17.8. The molecule has 0 spiro atoms. The average molecular weight is 549 g/mol. The van der Waals surface area contributed by atoms with Crippen LogP contribution in [-0.4, -0.2) is 70.6 Å². The fraction of sp³-hybridized carbons (Fsp3) is 0.593. The van der Waals surface area contributed by atoms with E-state index in [2.05, 4.69) is 10.6 Å². The van der Waals surface area contributed by atoms with E-state index in [9.17, 15) is 29.1 Å². The van der Waals surface area contributed by atoms with E-state index in [0.717, 1.165) is 0 Å². The number of phenolic OH excluding ortho intramolecular Hbond substituents is 1. The Morgan fingerprint density at radius 3 is 2.38 bits per heavy atom. The van der Waals surface area contributed by atoms with Crippen molar-refractivity contribution in [2.45, 2.75) is 84.5 Å². The van der Waals surface area contributed by atoms with Gasteiger partial charge in [0.2, 0.25) is 17.7 Å². The third-order valence-electron chi connectivity index (χ3n) is 6.10. The number of aromatic hydroxyl groups is 1. The smallest absolute Gasteiger partial charge is 0.408 e. The first-order valence-corrected chi connectivity index (χ1v) is 13.0. The molecule has 0 heterocycles. The molecule has 1 aliphatic rings. The summed E-state index contributed by atoms with van der Waals surface area (Å²) in [6.45, 7) is 10.3. The Labute approximate surface area is 228 Å². The average Bonchev–Trinajstić information content (AvgIpc) is 3.53. The van der Waals surface area contributed by atoms with E-state index in [1.807, 2.05) is 6.92 Å². The second-order valence-electron chi connectivity index (χ2n) is 10.7. The summed E-state index contributed by atoms with van der Waals surface area (Å²) in [5.74, 6) is -2.91. The maximum Gasteiger partial charge on any atom is 0.408 e. The van der Waals surface area contributed by atoms with E-state index in [1.165, 1.54) is 11.0 Å². The fourth-order valence-electron chi connectivity index (χ4n) is 4.14. The SMILES string of the molecule is CCOC(=O)CCNC(=O)C(c1cccc(C)c1O)N(C(=O)C(CC(N)=O)NC(=O)OC(C)(C)C)C1CC1C. The van der Waals surface area contributed by atoms with Gasteiger partial charge in [0, 0.05) is 18.2 Å². The molecule has 12 heteroatoms. The first kappa shape index (κ1) is 31.4. The van der Waals surface area contributed by atoms with Crippen LogP contribution < -0.4 is 16.4 Å². The van der Waals surface area contributed by atoms with Gasteiger partial charge in [-0.15, -0.1) is 0 Å². The monoisotopic (exact) mass is 548 g/mol. The van der Waals surface area contributed by atoms with Crippen LogP contribution in [0.15, 0.2) is 18.2 Å². The van der Waals surface area contributed by atoms with Crippen LogP contribution in [0, 0.1) is 12.8 Å². The van der Waals surface area contributed by atoms with Crippen molar-refractivity contribution in [3.8, 4) is 5.75 Å². The van der Waals surface area contributed by atoms with Gasteiger partial charge in [-0.25, -0.2) is 4.79 Å². The first-order valence-electron chi connectivity index (χ1n) is 13.0. The summed E-state index contributed by atoms with van der Waals surface area (Å²) >= 11 is 0. The number of alkyl carbamates (subject to hydrolysis) is 1. The van der Waals surface area contributed by atoms with Crippen LogP contribution in [0.25, 0.3) is 0 Å². The van der Waals surface area contributed by atoms with Crippen LogP contribution in [-0.2, 0) is 28.7 Å². The number of amides is 4.